The second kappa shape index (κ2) is 7.31. The maximum atomic E-state index is 11.3. The molecule has 0 atom stereocenters. The molecule has 19 heavy (non-hydrogen) atoms. The molecule has 104 valence electrons. The summed E-state index contributed by atoms with van der Waals surface area (Å²) in [5.41, 5.74) is 0.743. The highest BCUT2D eigenvalue weighted by Crippen LogP contribution is 2.06. The van der Waals surface area contributed by atoms with Crippen LogP contribution in [0.5, 0.6) is 0 Å². The van der Waals surface area contributed by atoms with Gasteiger partial charge in [-0.05, 0) is 6.92 Å². The quantitative estimate of drug-likeness (QED) is 0.559. The van der Waals surface area contributed by atoms with Gasteiger partial charge >= 0.3 is 12.0 Å². The molecule has 8 nitrogen and oxygen atoms in total. The van der Waals surface area contributed by atoms with Crippen molar-refractivity contribution in [3.8, 4) is 0 Å². The minimum Gasteiger partial charge on any atom is -0.480 e. The number of aromatic nitrogens is 1. The molecule has 0 bridgehead atoms. The lowest BCUT2D eigenvalue weighted by molar-refractivity contribution is -0.137. The van der Waals surface area contributed by atoms with E-state index in [0.29, 0.717) is 0 Å². The molecule has 0 aliphatic rings. The van der Waals surface area contributed by atoms with Gasteiger partial charge in [-0.15, -0.1) is 11.3 Å². The number of aryl methyl sites for hydroxylation is 1. The second-order valence-corrected chi connectivity index (χ2v) is 4.63. The number of aliphatic carboxylic acids is 1. The summed E-state index contributed by atoms with van der Waals surface area (Å²) in [4.78, 5) is 36.8. The first kappa shape index (κ1) is 14.9. The summed E-state index contributed by atoms with van der Waals surface area (Å²) < 4.78 is 0. The summed E-state index contributed by atoms with van der Waals surface area (Å²) in [7, 11) is 0. The van der Waals surface area contributed by atoms with Gasteiger partial charge in [0.15, 0.2) is 0 Å². The van der Waals surface area contributed by atoms with Crippen molar-refractivity contribution >= 4 is 29.2 Å². The summed E-state index contributed by atoms with van der Waals surface area (Å²) in [5.74, 6) is -1.71. The molecule has 0 aromatic carbocycles. The molecule has 0 unspecified atom stereocenters. The average molecular weight is 286 g/mol. The highest BCUT2D eigenvalue weighted by Gasteiger charge is 2.07. The van der Waals surface area contributed by atoms with Crippen LogP contribution in [0.1, 0.15) is 10.7 Å². The van der Waals surface area contributed by atoms with Crippen LogP contribution in [0.25, 0.3) is 0 Å². The van der Waals surface area contributed by atoms with Gasteiger partial charge in [-0.3, -0.25) is 9.59 Å². The molecule has 3 amide bonds. The summed E-state index contributed by atoms with van der Waals surface area (Å²) >= 11 is 1.48. The van der Waals surface area contributed by atoms with Gasteiger partial charge < -0.3 is 21.1 Å². The molecule has 0 radical (unpaired) electrons. The van der Waals surface area contributed by atoms with E-state index in [2.05, 4.69) is 20.9 Å². The third-order valence-corrected chi connectivity index (χ3v) is 2.77. The number of nitrogens with zero attached hydrogens (tertiary/aromatic N) is 1. The number of nitrogens with one attached hydrogen (secondary N) is 3. The minimum absolute atomic E-state index is 0.271. The first-order valence-electron chi connectivity index (χ1n) is 5.38. The molecule has 0 saturated carbocycles. The van der Waals surface area contributed by atoms with E-state index >= 15 is 0 Å². The van der Waals surface area contributed by atoms with Crippen LogP contribution < -0.4 is 16.0 Å². The first-order valence-corrected chi connectivity index (χ1v) is 6.26. The summed E-state index contributed by atoms with van der Waals surface area (Å²) in [6.45, 7) is 1.38. The third-order valence-electron chi connectivity index (χ3n) is 1.94. The van der Waals surface area contributed by atoms with Gasteiger partial charge in [0.05, 0.1) is 23.8 Å². The van der Waals surface area contributed by atoms with Crippen molar-refractivity contribution in [3.63, 3.8) is 0 Å². The molecule has 0 aliphatic heterocycles. The van der Waals surface area contributed by atoms with E-state index in [9.17, 15) is 14.4 Å². The van der Waals surface area contributed by atoms with Gasteiger partial charge in [0, 0.05) is 5.38 Å². The van der Waals surface area contributed by atoms with Crippen LogP contribution in [-0.2, 0) is 16.1 Å². The maximum absolute atomic E-state index is 11.3. The fraction of sp³-hybridized carbons (Fsp3) is 0.400. The largest absolute Gasteiger partial charge is 0.480 e. The van der Waals surface area contributed by atoms with Crippen molar-refractivity contribution < 1.29 is 19.5 Å². The van der Waals surface area contributed by atoms with Gasteiger partial charge in [-0.2, -0.15) is 0 Å². The van der Waals surface area contributed by atoms with E-state index in [4.69, 9.17) is 5.11 Å². The number of urea groups is 1. The first-order chi connectivity index (χ1) is 8.97. The Balaban J connectivity index is 2.17. The number of carboxylic acid groups (broad SMARTS) is 1. The summed E-state index contributed by atoms with van der Waals surface area (Å²) in [6.07, 6.45) is 0. The Hall–Kier alpha value is -2.16. The zero-order chi connectivity index (χ0) is 14.3. The highest BCUT2D eigenvalue weighted by molar-refractivity contribution is 7.09. The number of carboxylic acids is 1. The average Bonchev–Trinajstić information content (AvgIpc) is 2.77. The number of carbonyl (C=O) groups is 3. The molecule has 1 rings (SSSR count). The zero-order valence-electron chi connectivity index (χ0n) is 10.2. The van der Waals surface area contributed by atoms with Crippen molar-refractivity contribution in [3.05, 3.63) is 16.1 Å². The highest BCUT2D eigenvalue weighted by atomic mass is 32.1. The minimum atomic E-state index is -1.14. The lowest BCUT2D eigenvalue weighted by Gasteiger charge is -2.06. The number of rotatable bonds is 6. The SMILES string of the molecule is Cc1nc(CNC(=O)NCC(=O)NCC(=O)O)cs1. The van der Waals surface area contributed by atoms with Gasteiger partial charge in [-0.1, -0.05) is 0 Å². The number of amides is 3. The molecule has 4 N–H and O–H groups in total. The molecule has 1 heterocycles. The van der Waals surface area contributed by atoms with Crippen molar-refractivity contribution in [2.24, 2.45) is 0 Å². The molecular formula is C10H14N4O4S. The van der Waals surface area contributed by atoms with E-state index < -0.39 is 24.5 Å². The van der Waals surface area contributed by atoms with Crippen LogP contribution in [0.4, 0.5) is 4.79 Å². The zero-order valence-corrected chi connectivity index (χ0v) is 11.0. The summed E-state index contributed by atoms with van der Waals surface area (Å²) in [6, 6.07) is -0.517. The number of hydrogen-bond donors (Lipinski definition) is 4. The normalized spacial score (nSPS) is 9.74. The van der Waals surface area contributed by atoms with Gasteiger partial charge in [0.25, 0.3) is 0 Å². The molecule has 0 saturated heterocycles. The van der Waals surface area contributed by atoms with Crippen LogP contribution in [0.3, 0.4) is 0 Å². The fourth-order valence-electron chi connectivity index (χ4n) is 1.12. The lowest BCUT2D eigenvalue weighted by atomic mass is 10.5. The van der Waals surface area contributed by atoms with Crippen molar-refractivity contribution in [1.82, 2.24) is 20.9 Å². The van der Waals surface area contributed by atoms with Crippen molar-refractivity contribution in [2.45, 2.75) is 13.5 Å². The molecule has 9 heteroatoms. The second-order valence-electron chi connectivity index (χ2n) is 3.56. The predicted molar refractivity (Wildman–Crippen MR) is 67.7 cm³/mol. The molecular weight excluding hydrogens is 272 g/mol. The third kappa shape index (κ3) is 6.36. The number of hydrogen-bond acceptors (Lipinski definition) is 5. The Labute approximate surface area is 113 Å². The summed E-state index contributed by atoms with van der Waals surface area (Å²) in [5, 5.41) is 18.0. The van der Waals surface area contributed by atoms with Crippen LogP contribution >= 0.6 is 11.3 Å². The smallest absolute Gasteiger partial charge is 0.322 e. The molecule has 0 spiro atoms. The van der Waals surface area contributed by atoms with Gasteiger partial charge in [0.2, 0.25) is 5.91 Å². The monoisotopic (exact) mass is 286 g/mol. The van der Waals surface area contributed by atoms with Crippen LogP contribution in [-0.4, -0.2) is 41.1 Å². The van der Waals surface area contributed by atoms with Crippen molar-refractivity contribution in [1.29, 1.82) is 0 Å². The fourth-order valence-corrected chi connectivity index (χ4v) is 1.73. The molecule has 0 aliphatic carbocycles. The van der Waals surface area contributed by atoms with E-state index in [1.807, 2.05) is 12.3 Å². The Morgan fingerprint density at radius 1 is 1.26 bits per heavy atom. The van der Waals surface area contributed by atoms with Crippen LogP contribution in [0.2, 0.25) is 0 Å². The predicted octanol–water partition coefficient (Wildman–Crippen LogP) is -0.548. The van der Waals surface area contributed by atoms with E-state index in [1.54, 1.807) is 0 Å². The number of carbonyl (C=O) groups excluding carboxylic acids is 2. The van der Waals surface area contributed by atoms with Crippen molar-refractivity contribution in [2.75, 3.05) is 13.1 Å². The lowest BCUT2D eigenvalue weighted by Crippen LogP contribution is -2.42. The Kier molecular flexibility index (Phi) is 5.73. The molecule has 1 aromatic rings. The number of thiazole rings is 1. The maximum Gasteiger partial charge on any atom is 0.322 e. The van der Waals surface area contributed by atoms with Crippen LogP contribution in [0, 0.1) is 6.92 Å². The molecule has 1 aromatic heterocycles. The Morgan fingerprint density at radius 2 is 2.00 bits per heavy atom. The van der Waals surface area contributed by atoms with E-state index in [1.165, 1.54) is 11.3 Å². The topological polar surface area (TPSA) is 120 Å². The molecule has 0 fully saturated rings. The van der Waals surface area contributed by atoms with Gasteiger partial charge in [0.1, 0.15) is 6.54 Å². The standard InChI is InChI=1S/C10H14N4O4S/c1-6-14-7(5-19-6)2-12-10(18)13-3-8(15)11-4-9(16)17/h5H,2-4H2,1H3,(H,11,15)(H,16,17)(H2,12,13,18). The van der Waals surface area contributed by atoms with Crippen LogP contribution in [0.15, 0.2) is 5.38 Å². The van der Waals surface area contributed by atoms with E-state index in [0.717, 1.165) is 10.7 Å². The Bertz CT molecular complexity index is 474. The van der Waals surface area contributed by atoms with Gasteiger partial charge in [-0.25, -0.2) is 9.78 Å². The Morgan fingerprint density at radius 3 is 2.58 bits per heavy atom. The van der Waals surface area contributed by atoms with E-state index in [-0.39, 0.29) is 13.1 Å².